The van der Waals surface area contributed by atoms with E-state index in [1.165, 1.54) is 0 Å². The van der Waals surface area contributed by atoms with Crippen molar-refractivity contribution in [2.24, 2.45) is 5.92 Å². The second kappa shape index (κ2) is 8.05. The third-order valence-electron chi connectivity index (χ3n) is 2.61. The van der Waals surface area contributed by atoms with Crippen molar-refractivity contribution in [3.8, 4) is 0 Å². The monoisotopic (exact) mass is 256 g/mol. The summed E-state index contributed by atoms with van der Waals surface area (Å²) in [6.45, 7) is 8.45. The van der Waals surface area contributed by atoms with E-state index in [4.69, 9.17) is 9.15 Å². The third kappa shape index (κ3) is 5.46. The molecule has 0 aliphatic rings. The van der Waals surface area contributed by atoms with Gasteiger partial charge in [-0.15, -0.1) is 5.10 Å². The van der Waals surface area contributed by atoms with E-state index in [-0.39, 0.29) is 6.04 Å². The van der Waals surface area contributed by atoms with E-state index in [2.05, 4.69) is 34.7 Å². The number of nitrogens with one attached hydrogen (secondary N) is 2. The molecule has 104 valence electrons. The molecular weight excluding hydrogens is 232 g/mol. The molecule has 0 aliphatic heterocycles. The van der Waals surface area contributed by atoms with E-state index >= 15 is 0 Å². The van der Waals surface area contributed by atoms with Crippen LogP contribution < -0.4 is 10.6 Å². The van der Waals surface area contributed by atoms with Crippen molar-refractivity contribution < 1.29 is 9.15 Å². The quantitative estimate of drug-likeness (QED) is 0.657. The van der Waals surface area contributed by atoms with Crippen LogP contribution >= 0.6 is 0 Å². The van der Waals surface area contributed by atoms with Gasteiger partial charge in [-0.3, -0.25) is 0 Å². The van der Waals surface area contributed by atoms with Gasteiger partial charge in [0.1, 0.15) is 0 Å². The SMILES string of the molecule is CNC(C)c1nnc(NCCOCCC(C)C)o1. The molecular formula is C12H24N4O2. The highest BCUT2D eigenvalue weighted by molar-refractivity contribution is 5.16. The van der Waals surface area contributed by atoms with Crippen LogP contribution in [0, 0.1) is 5.92 Å². The fourth-order valence-corrected chi connectivity index (χ4v) is 1.26. The molecule has 1 rings (SSSR count). The summed E-state index contributed by atoms with van der Waals surface area (Å²) in [7, 11) is 1.85. The van der Waals surface area contributed by atoms with Crippen molar-refractivity contribution in [1.82, 2.24) is 15.5 Å². The third-order valence-corrected chi connectivity index (χ3v) is 2.61. The van der Waals surface area contributed by atoms with Gasteiger partial charge in [0.05, 0.1) is 12.6 Å². The minimum Gasteiger partial charge on any atom is -0.406 e. The van der Waals surface area contributed by atoms with Gasteiger partial charge >= 0.3 is 6.01 Å². The maximum Gasteiger partial charge on any atom is 0.315 e. The molecule has 0 radical (unpaired) electrons. The smallest absolute Gasteiger partial charge is 0.315 e. The Balaban J connectivity index is 2.14. The molecule has 0 saturated carbocycles. The minimum absolute atomic E-state index is 0.0651. The summed E-state index contributed by atoms with van der Waals surface area (Å²) >= 11 is 0. The Morgan fingerprint density at radius 1 is 1.22 bits per heavy atom. The zero-order valence-electron chi connectivity index (χ0n) is 11.7. The first-order chi connectivity index (χ1) is 8.63. The van der Waals surface area contributed by atoms with Crippen LogP contribution in [0.3, 0.4) is 0 Å². The molecule has 18 heavy (non-hydrogen) atoms. The number of hydrogen-bond acceptors (Lipinski definition) is 6. The number of anilines is 1. The van der Waals surface area contributed by atoms with Crippen molar-refractivity contribution in [3.63, 3.8) is 0 Å². The van der Waals surface area contributed by atoms with Gasteiger partial charge in [0.25, 0.3) is 0 Å². The first kappa shape index (κ1) is 14.9. The van der Waals surface area contributed by atoms with E-state index in [9.17, 15) is 0 Å². The van der Waals surface area contributed by atoms with Gasteiger partial charge in [-0.2, -0.15) is 0 Å². The van der Waals surface area contributed by atoms with Crippen molar-refractivity contribution in [2.45, 2.75) is 33.2 Å². The van der Waals surface area contributed by atoms with E-state index < -0.39 is 0 Å². The minimum atomic E-state index is 0.0651. The average Bonchev–Trinajstić information content (AvgIpc) is 2.81. The predicted octanol–water partition coefficient (Wildman–Crippen LogP) is 1.82. The van der Waals surface area contributed by atoms with Gasteiger partial charge in [-0.05, 0) is 26.3 Å². The molecule has 1 unspecified atom stereocenters. The Morgan fingerprint density at radius 3 is 2.67 bits per heavy atom. The highest BCUT2D eigenvalue weighted by atomic mass is 16.5. The lowest BCUT2D eigenvalue weighted by atomic mass is 10.1. The fraction of sp³-hybridized carbons (Fsp3) is 0.833. The topological polar surface area (TPSA) is 72.2 Å². The summed E-state index contributed by atoms with van der Waals surface area (Å²) in [5.41, 5.74) is 0. The maximum absolute atomic E-state index is 5.48. The lowest BCUT2D eigenvalue weighted by Gasteiger charge is -2.06. The van der Waals surface area contributed by atoms with Crippen LogP contribution in [0.2, 0.25) is 0 Å². The van der Waals surface area contributed by atoms with Crippen molar-refractivity contribution >= 4 is 6.01 Å². The summed E-state index contributed by atoms with van der Waals surface area (Å²) in [6.07, 6.45) is 1.09. The van der Waals surface area contributed by atoms with Crippen LogP contribution in [-0.4, -0.2) is 37.0 Å². The molecule has 0 fully saturated rings. The van der Waals surface area contributed by atoms with Gasteiger partial charge in [0, 0.05) is 13.2 Å². The van der Waals surface area contributed by atoms with Crippen molar-refractivity contribution in [3.05, 3.63) is 5.89 Å². The van der Waals surface area contributed by atoms with Crippen molar-refractivity contribution in [2.75, 3.05) is 32.1 Å². The molecule has 1 aromatic heterocycles. The molecule has 0 bridgehead atoms. The highest BCUT2D eigenvalue weighted by Crippen LogP contribution is 2.12. The summed E-state index contributed by atoms with van der Waals surface area (Å²) < 4.78 is 10.9. The van der Waals surface area contributed by atoms with Gasteiger partial charge in [-0.25, -0.2) is 0 Å². The Hall–Kier alpha value is -1.14. The molecule has 6 heteroatoms. The van der Waals surface area contributed by atoms with Crippen LogP contribution in [0.1, 0.15) is 39.1 Å². The number of hydrogen-bond donors (Lipinski definition) is 2. The Morgan fingerprint density at radius 2 is 2.00 bits per heavy atom. The zero-order chi connectivity index (χ0) is 13.4. The molecule has 0 aliphatic carbocycles. The normalized spacial score (nSPS) is 12.9. The van der Waals surface area contributed by atoms with Gasteiger partial charge in [-0.1, -0.05) is 18.9 Å². The van der Waals surface area contributed by atoms with Crippen molar-refractivity contribution in [1.29, 1.82) is 0 Å². The number of rotatable bonds is 9. The Kier molecular flexibility index (Phi) is 6.67. The summed E-state index contributed by atoms with van der Waals surface area (Å²) in [6, 6.07) is 0.509. The van der Waals surface area contributed by atoms with E-state index in [0.29, 0.717) is 31.0 Å². The van der Waals surface area contributed by atoms with Crippen LogP contribution in [0.15, 0.2) is 4.42 Å². The first-order valence-electron chi connectivity index (χ1n) is 6.45. The molecule has 1 heterocycles. The lowest BCUT2D eigenvalue weighted by Crippen LogP contribution is -2.12. The van der Waals surface area contributed by atoms with E-state index in [0.717, 1.165) is 13.0 Å². The summed E-state index contributed by atoms with van der Waals surface area (Å²) in [5, 5.41) is 13.9. The standard InChI is InChI=1S/C12H24N4O2/c1-9(2)5-7-17-8-6-14-12-16-15-11(18-12)10(3)13-4/h9-10,13H,5-8H2,1-4H3,(H,14,16). The first-order valence-corrected chi connectivity index (χ1v) is 6.45. The molecule has 0 aromatic carbocycles. The molecule has 0 amide bonds. The molecule has 2 N–H and O–H groups in total. The lowest BCUT2D eigenvalue weighted by molar-refractivity contribution is 0.132. The number of ether oxygens (including phenoxy) is 1. The van der Waals surface area contributed by atoms with Gasteiger partial charge in [0.2, 0.25) is 5.89 Å². The van der Waals surface area contributed by atoms with Crippen LogP contribution in [-0.2, 0) is 4.74 Å². The predicted molar refractivity (Wildman–Crippen MR) is 70.5 cm³/mol. The molecule has 6 nitrogen and oxygen atoms in total. The van der Waals surface area contributed by atoms with E-state index in [1.54, 1.807) is 0 Å². The van der Waals surface area contributed by atoms with Crippen LogP contribution in [0.5, 0.6) is 0 Å². The highest BCUT2D eigenvalue weighted by Gasteiger charge is 2.11. The number of nitrogens with zero attached hydrogens (tertiary/aromatic N) is 2. The summed E-state index contributed by atoms with van der Waals surface area (Å²) in [4.78, 5) is 0. The molecule has 1 aromatic rings. The average molecular weight is 256 g/mol. The Bertz CT molecular complexity index is 328. The maximum atomic E-state index is 5.48. The zero-order valence-corrected chi connectivity index (χ0v) is 11.7. The van der Waals surface area contributed by atoms with E-state index in [1.807, 2.05) is 14.0 Å². The molecule has 0 saturated heterocycles. The van der Waals surface area contributed by atoms with Gasteiger partial charge in [0.15, 0.2) is 0 Å². The largest absolute Gasteiger partial charge is 0.406 e. The Labute approximate surface area is 108 Å². The van der Waals surface area contributed by atoms with Gasteiger partial charge < -0.3 is 19.8 Å². The molecule has 1 atom stereocenters. The van der Waals surface area contributed by atoms with Crippen LogP contribution in [0.25, 0.3) is 0 Å². The second-order valence-electron chi connectivity index (χ2n) is 4.68. The molecule has 0 spiro atoms. The fourth-order valence-electron chi connectivity index (χ4n) is 1.26. The van der Waals surface area contributed by atoms with Crippen LogP contribution in [0.4, 0.5) is 6.01 Å². The summed E-state index contributed by atoms with van der Waals surface area (Å²) in [5.74, 6) is 1.26. The number of aromatic nitrogens is 2. The second-order valence-corrected chi connectivity index (χ2v) is 4.68.